The highest BCUT2D eigenvalue weighted by atomic mass is 16.7. The molecule has 1 amide bonds. The number of carbonyl (C=O) groups excluding carboxylic acids is 1. The van der Waals surface area contributed by atoms with Gasteiger partial charge in [0.2, 0.25) is 0 Å². The Hall–Kier alpha value is -2.32. The predicted octanol–water partition coefficient (Wildman–Crippen LogP) is 4.69. The summed E-state index contributed by atoms with van der Waals surface area (Å²) in [6.07, 6.45) is 2.14. The van der Waals surface area contributed by atoms with Crippen LogP contribution in [0, 0.1) is 0 Å². The van der Waals surface area contributed by atoms with Gasteiger partial charge in [-0.3, -0.25) is 0 Å². The van der Waals surface area contributed by atoms with Crippen molar-refractivity contribution in [1.29, 1.82) is 0 Å². The van der Waals surface area contributed by atoms with E-state index in [1.165, 1.54) is 0 Å². The number of hydrogen-bond acceptors (Lipinski definition) is 5. The van der Waals surface area contributed by atoms with Gasteiger partial charge >= 0.3 is 13.2 Å². The monoisotopic (exact) mass is 441 g/mol. The maximum atomic E-state index is 12.5. The van der Waals surface area contributed by atoms with E-state index >= 15 is 0 Å². The largest absolute Gasteiger partial charge is 0.494 e. The van der Waals surface area contributed by atoms with E-state index in [2.05, 4.69) is 9.97 Å². The van der Waals surface area contributed by atoms with Crippen molar-refractivity contribution in [2.45, 2.75) is 84.7 Å². The van der Waals surface area contributed by atoms with Gasteiger partial charge in [-0.05, 0) is 65.9 Å². The molecule has 0 radical (unpaired) electrons. The lowest BCUT2D eigenvalue weighted by Crippen LogP contribution is -2.41. The van der Waals surface area contributed by atoms with Crippen LogP contribution in [0.5, 0.6) is 0 Å². The van der Waals surface area contributed by atoms with E-state index in [9.17, 15) is 4.79 Å². The van der Waals surface area contributed by atoms with Crippen LogP contribution < -0.4 is 5.46 Å². The van der Waals surface area contributed by atoms with Crippen molar-refractivity contribution in [3.8, 4) is 11.3 Å². The van der Waals surface area contributed by atoms with E-state index in [4.69, 9.17) is 14.0 Å². The molecule has 1 fully saturated rings. The molecular formula is C24H36BN3O4. The number of imidazole rings is 1. The second-order valence-electron chi connectivity index (χ2n) is 10.4. The number of aromatic amines is 1. The molecule has 0 aliphatic carbocycles. The van der Waals surface area contributed by atoms with Crippen molar-refractivity contribution in [1.82, 2.24) is 14.9 Å². The molecule has 1 aliphatic rings. The lowest BCUT2D eigenvalue weighted by molar-refractivity contribution is 0.00578. The first-order valence-electron chi connectivity index (χ1n) is 11.2. The minimum atomic E-state index is -0.545. The zero-order valence-electron chi connectivity index (χ0n) is 20.8. The number of H-pyrrole nitrogens is 1. The van der Waals surface area contributed by atoms with Crippen LogP contribution in [0.1, 0.15) is 73.7 Å². The summed E-state index contributed by atoms with van der Waals surface area (Å²) in [5, 5.41) is 0. The standard InChI is InChI=1S/C24H36BN3O4/c1-10-19(28(9)21(29)30-22(2,3)4)20-26-15-18(27-20)16-11-13-17(14-12-16)25-31-23(5,6)24(7,8)32-25/h11-15,19H,10H2,1-9H3,(H,26,27). The first kappa shape index (κ1) is 24.3. The third-order valence-corrected chi connectivity index (χ3v) is 6.19. The molecule has 1 aromatic carbocycles. The molecule has 1 aromatic heterocycles. The quantitative estimate of drug-likeness (QED) is 0.681. The molecule has 1 unspecified atom stereocenters. The molecule has 1 atom stereocenters. The fourth-order valence-corrected chi connectivity index (χ4v) is 3.56. The Bertz CT molecular complexity index is 931. The number of carbonyl (C=O) groups is 1. The molecule has 0 spiro atoms. The summed E-state index contributed by atoms with van der Waals surface area (Å²) in [6, 6.07) is 7.87. The Kier molecular flexibility index (Phi) is 6.51. The Balaban J connectivity index is 1.74. The zero-order valence-corrected chi connectivity index (χ0v) is 20.8. The maximum Gasteiger partial charge on any atom is 0.494 e. The van der Waals surface area contributed by atoms with Gasteiger partial charge in [-0.25, -0.2) is 9.78 Å². The molecule has 0 bridgehead atoms. The minimum Gasteiger partial charge on any atom is -0.444 e. The van der Waals surface area contributed by atoms with Crippen molar-refractivity contribution < 1.29 is 18.8 Å². The summed E-state index contributed by atoms with van der Waals surface area (Å²) >= 11 is 0. The molecule has 8 heteroatoms. The van der Waals surface area contributed by atoms with Gasteiger partial charge < -0.3 is 23.9 Å². The van der Waals surface area contributed by atoms with Gasteiger partial charge in [0.25, 0.3) is 0 Å². The SMILES string of the molecule is CCC(c1ncc(-c2ccc(B3OC(C)(C)C(C)(C)O3)cc2)[nH]1)N(C)C(=O)OC(C)(C)C. The van der Waals surface area contributed by atoms with Crippen molar-refractivity contribution in [3.05, 3.63) is 36.3 Å². The van der Waals surface area contributed by atoms with Gasteiger partial charge in [-0.15, -0.1) is 0 Å². The van der Waals surface area contributed by atoms with Crippen LogP contribution >= 0.6 is 0 Å². The Morgan fingerprint density at radius 3 is 2.22 bits per heavy atom. The molecule has 7 nitrogen and oxygen atoms in total. The molecule has 1 saturated heterocycles. The average molecular weight is 441 g/mol. The van der Waals surface area contributed by atoms with E-state index in [-0.39, 0.29) is 23.3 Å². The van der Waals surface area contributed by atoms with Crippen molar-refractivity contribution >= 4 is 18.7 Å². The molecule has 2 heterocycles. The average Bonchev–Trinajstić information content (AvgIpc) is 3.23. The van der Waals surface area contributed by atoms with Crippen molar-refractivity contribution in [2.24, 2.45) is 0 Å². The predicted molar refractivity (Wildman–Crippen MR) is 127 cm³/mol. The molecule has 3 rings (SSSR count). The third kappa shape index (κ3) is 5.02. The van der Waals surface area contributed by atoms with Crippen LogP contribution in [0.4, 0.5) is 4.79 Å². The molecule has 1 aliphatic heterocycles. The summed E-state index contributed by atoms with van der Waals surface area (Å²) in [4.78, 5) is 22.0. The molecular weight excluding hydrogens is 405 g/mol. The molecule has 0 saturated carbocycles. The fourth-order valence-electron chi connectivity index (χ4n) is 3.56. The number of rotatable bonds is 5. The first-order chi connectivity index (χ1) is 14.7. The van der Waals surface area contributed by atoms with Gasteiger partial charge in [0.05, 0.1) is 29.1 Å². The van der Waals surface area contributed by atoms with E-state index < -0.39 is 12.7 Å². The number of amides is 1. The number of nitrogens with one attached hydrogen (secondary N) is 1. The molecule has 174 valence electrons. The number of nitrogens with zero attached hydrogens (tertiary/aromatic N) is 2. The number of aromatic nitrogens is 2. The minimum absolute atomic E-state index is 0.206. The topological polar surface area (TPSA) is 76.7 Å². The summed E-state index contributed by atoms with van der Waals surface area (Å²) in [5.74, 6) is 0.728. The van der Waals surface area contributed by atoms with E-state index in [0.717, 1.165) is 22.5 Å². The van der Waals surface area contributed by atoms with Gasteiger partial charge in [0.15, 0.2) is 0 Å². The van der Waals surface area contributed by atoms with Crippen LogP contribution in [0.25, 0.3) is 11.3 Å². The number of ether oxygens (including phenoxy) is 1. The van der Waals surface area contributed by atoms with Gasteiger partial charge in [0, 0.05) is 7.05 Å². The third-order valence-electron chi connectivity index (χ3n) is 6.19. The summed E-state index contributed by atoms with van der Waals surface area (Å²) in [5.41, 5.74) is 1.57. The van der Waals surface area contributed by atoms with Crippen LogP contribution in [-0.4, -0.2) is 51.9 Å². The lowest BCUT2D eigenvalue weighted by Gasteiger charge is -2.32. The summed E-state index contributed by atoms with van der Waals surface area (Å²) in [6.45, 7) is 15.8. The Labute approximate surface area is 192 Å². The van der Waals surface area contributed by atoms with Crippen LogP contribution in [0.2, 0.25) is 0 Å². The van der Waals surface area contributed by atoms with E-state index in [1.54, 1.807) is 18.1 Å². The van der Waals surface area contributed by atoms with E-state index in [0.29, 0.717) is 6.42 Å². The van der Waals surface area contributed by atoms with Crippen LogP contribution in [0.15, 0.2) is 30.5 Å². The van der Waals surface area contributed by atoms with Gasteiger partial charge in [0.1, 0.15) is 11.4 Å². The fraction of sp³-hybridized carbons (Fsp3) is 0.583. The highest BCUT2D eigenvalue weighted by Gasteiger charge is 2.51. The second kappa shape index (κ2) is 8.56. The van der Waals surface area contributed by atoms with Crippen LogP contribution in [-0.2, 0) is 14.0 Å². The summed E-state index contributed by atoms with van der Waals surface area (Å²) < 4.78 is 17.8. The summed E-state index contributed by atoms with van der Waals surface area (Å²) in [7, 11) is 1.35. The van der Waals surface area contributed by atoms with Gasteiger partial charge in [-0.2, -0.15) is 0 Å². The number of hydrogen-bond donors (Lipinski definition) is 1. The molecule has 2 aromatic rings. The lowest BCUT2D eigenvalue weighted by atomic mass is 9.79. The van der Waals surface area contributed by atoms with Crippen molar-refractivity contribution in [2.75, 3.05) is 7.05 Å². The highest BCUT2D eigenvalue weighted by molar-refractivity contribution is 6.62. The number of benzene rings is 1. The Morgan fingerprint density at radius 2 is 1.72 bits per heavy atom. The van der Waals surface area contributed by atoms with E-state index in [1.807, 2.05) is 79.7 Å². The highest BCUT2D eigenvalue weighted by Crippen LogP contribution is 2.36. The normalized spacial score (nSPS) is 18.5. The van der Waals surface area contributed by atoms with Crippen LogP contribution in [0.3, 0.4) is 0 Å². The Morgan fingerprint density at radius 1 is 1.16 bits per heavy atom. The maximum absolute atomic E-state index is 12.5. The molecule has 32 heavy (non-hydrogen) atoms. The van der Waals surface area contributed by atoms with Gasteiger partial charge in [-0.1, -0.05) is 31.2 Å². The first-order valence-corrected chi connectivity index (χ1v) is 11.2. The smallest absolute Gasteiger partial charge is 0.444 e. The van der Waals surface area contributed by atoms with Crippen molar-refractivity contribution in [3.63, 3.8) is 0 Å². The zero-order chi connectivity index (χ0) is 23.9. The molecule has 1 N–H and O–H groups in total. The second-order valence-corrected chi connectivity index (χ2v) is 10.4.